The maximum absolute atomic E-state index is 12.2. The Morgan fingerprint density at radius 1 is 1.07 bits per heavy atom. The van der Waals surface area contributed by atoms with Crippen LogP contribution in [0.25, 0.3) is 0 Å². The van der Waals surface area contributed by atoms with Gasteiger partial charge < -0.3 is 0 Å². The lowest BCUT2D eigenvalue weighted by molar-refractivity contribution is 0.505. The molecular formula is C13H15F. The largest absolute Gasteiger partial charge is 0.216 e. The molecule has 74 valence electrons. The second-order valence-corrected chi connectivity index (χ2v) is 3.95. The molecule has 0 bridgehead atoms. The van der Waals surface area contributed by atoms with E-state index in [4.69, 9.17) is 0 Å². The van der Waals surface area contributed by atoms with Gasteiger partial charge in [-0.1, -0.05) is 30.3 Å². The van der Waals surface area contributed by atoms with Crippen LogP contribution < -0.4 is 0 Å². The minimum Gasteiger partial charge on any atom is -0.216 e. The molecule has 0 N–H and O–H groups in total. The molecule has 1 saturated carbocycles. The summed E-state index contributed by atoms with van der Waals surface area (Å²) in [6, 6.07) is 10.6. The molecule has 1 heteroatoms. The highest BCUT2D eigenvalue weighted by Crippen LogP contribution is 2.35. The second-order valence-electron chi connectivity index (χ2n) is 3.95. The lowest BCUT2D eigenvalue weighted by Crippen LogP contribution is -2.06. The Bertz CT molecular complexity index is 303. The number of allylic oxidation sites excluding steroid dienone is 1. The van der Waals surface area contributed by atoms with Gasteiger partial charge in [0.2, 0.25) is 0 Å². The highest BCUT2D eigenvalue weighted by atomic mass is 19.1. The van der Waals surface area contributed by atoms with Crippen LogP contribution >= 0.6 is 0 Å². The van der Waals surface area contributed by atoms with Crippen LogP contribution in [0.1, 0.15) is 37.2 Å². The average molecular weight is 190 g/mol. The molecule has 0 unspecified atom stereocenters. The third-order valence-electron chi connectivity index (χ3n) is 3.05. The fourth-order valence-electron chi connectivity index (χ4n) is 2.16. The van der Waals surface area contributed by atoms with Gasteiger partial charge in [0.05, 0.1) is 6.33 Å². The quantitative estimate of drug-likeness (QED) is 0.622. The first-order valence-corrected chi connectivity index (χ1v) is 5.23. The van der Waals surface area contributed by atoms with Crippen molar-refractivity contribution in [1.82, 2.24) is 0 Å². The van der Waals surface area contributed by atoms with E-state index in [1.165, 1.54) is 5.56 Å². The van der Waals surface area contributed by atoms with Crippen molar-refractivity contribution in [2.45, 2.75) is 31.6 Å². The summed E-state index contributed by atoms with van der Waals surface area (Å²) in [6.07, 6.45) is 4.84. The smallest absolute Gasteiger partial charge is 0.0858 e. The molecule has 0 heterocycles. The number of benzene rings is 1. The minimum atomic E-state index is 0.639. The molecule has 0 saturated heterocycles. The zero-order chi connectivity index (χ0) is 9.80. The highest BCUT2D eigenvalue weighted by Gasteiger charge is 2.17. The summed E-state index contributed by atoms with van der Waals surface area (Å²) in [5.74, 6) is 0.639. The Morgan fingerprint density at radius 3 is 2.29 bits per heavy atom. The van der Waals surface area contributed by atoms with Gasteiger partial charge in [0, 0.05) is 0 Å². The summed E-state index contributed by atoms with van der Waals surface area (Å²) in [4.78, 5) is 0. The normalized spacial score (nSPS) is 22.1. The van der Waals surface area contributed by atoms with E-state index in [9.17, 15) is 4.39 Å². The first-order valence-electron chi connectivity index (χ1n) is 5.23. The highest BCUT2D eigenvalue weighted by molar-refractivity contribution is 5.21. The van der Waals surface area contributed by atoms with E-state index in [1.54, 1.807) is 0 Å². The van der Waals surface area contributed by atoms with E-state index in [0.29, 0.717) is 5.92 Å². The summed E-state index contributed by atoms with van der Waals surface area (Å²) >= 11 is 0. The van der Waals surface area contributed by atoms with Gasteiger partial charge in [-0.15, -0.1) is 0 Å². The maximum Gasteiger partial charge on any atom is 0.0858 e. The molecule has 1 aromatic carbocycles. The molecule has 0 aromatic heterocycles. The van der Waals surface area contributed by atoms with Crippen molar-refractivity contribution >= 4 is 0 Å². The molecule has 1 aliphatic carbocycles. The third kappa shape index (κ3) is 2.03. The Hall–Kier alpha value is -1.11. The van der Waals surface area contributed by atoms with Crippen LogP contribution in [0.5, 0.6) is 0 Å². The van der Waals surface area contributed by atoms with Gasteiger partial charge >= 0.3 is 0 Å². The summed E-state index contributed by atoms with van der Waals surface area (Å²) in [6.45, 7) is 0. The van der Waals surface area contributed by atoms with Crippen LogP contribution in [0.3, 0.4) is 0 Å². The van der Waals surface area contributed by atoms with E-state index in [1.807, 2.05) is 6.07 Å². The Kier molecular flexibility index (Phi) is 2.97. The zero-order valence-electron chi connectivity index (χ0n) is 8.25. The molecule has 2 rings (SSSR count). The SMILES string of the molecule is FC=C1CCC(c2ccccc2)CC1. The van der Waals surface area contributed by atoms with Gasteiger partial charge in [-0.25, -0.2) is 4.39 Å². The summed E-state index contributed by atoms with van der Waals surface area (Å²) < 4.78 is 12.2. The van der Waals surface area contributed by atoms with Crippen molar-refractivity contribution in [1.29, 1.82) is 0 Å². The monoisotopic (exact) mass is 190 g/mol. The molecule has 1 aliphatic rings. The second kappa shape index (κ2) is 4.41. The predicted molar refractivity (Wildman–Crippen MR) is 56.8 cm³/mol. The molecule has 0 aliphatic heterocycles. The van der Waals surface area contributed by atoms with Crippen LogP contribution in [-0.4, -0.2) is 0 Å². The first kappa shape index (κ1) is 9.45. The lowest BCUT2D eigenvalue weighted by Gasteiger charge is -2.23. The molecular weight excluding hydrogens is 175 g/mol. The van der Waals surface area contributed by atoms with Gasteiger partial charge in [-0.2, -0.15) is 0 Å². The molecule has 1 fully saturated rings. The Balaban J connectivity index is 2.03. The molecule has 14 heavy (non-hydrogen) atoms. The van der Waals surface area contributed by atoms with Gasteiger partial charge in [-0.3, -0.25) is 0 Å². The van der Waals surface area contributed by atoms with E-state index in [0.717, 1.165) is 37.6 Å². The molecule has 0 atom stereocenters. The fourth-order valence-corrected chi connectivity index (χ4v) is 2.16. The third-order valence-corrected chi connectivity index (χ3v) is 3.05. The molecule has 1 aromatic rings. The van der Waals surface area contributed by atoms with E-state index < -0.39 is 0 Å². The van der Waals surface area contributed by atoms with E-state index >= 15 is 0 Å². The van der Waals surface area contributed by atoms with E-state index in [2.05, 4.69) is 24.3 Å². The van der Waals surface area contributed by atoms with Gasteiger partial charge in [0.1, 0.15) is 0 Å². The summed E-state index contributed by atoms with van der Waals surface area (Å²) in [5.41, 5.74) is 2.39. The van der Waals surface area contributed by atoms with E-state index in [-0.39, 0.29) is 0 Å². The molecule has 0 spiro atoms. The van der Waals surface area contributed by atoms with Crippen LogP contribution in [-0.2, 0) is 0 Å². The van der Waals surface area contributed by atoms with Crippen molar-refractivity contribution in [2.24, 2.45) is 0 Å². The standard InChI is InChI=1S/C13H15F/c14-10-11-6-8-13(9-7-11)12-4-2-1-3-5-12/h1-5,10,13H,6-9H2. The van der Waals surface area contributed by atoms with Crippen molar-refractivity contribution in [3.8, 4) is 0 Å². The number of halogens is 1. The van der Waals surface area contributed by atoms with Crippen LogP contribution in [0.2, 0.25) is 0 Å². The Labute approximate surface area is 84.5 Å². The average Bonchev–Trinajstić information content (AvgIpc) is 2.30. The van der Waals surface area contributed by atoms with Crippen LogP contribution in [0.15, 0.2) is 42.2 Å². The van der Waals surface area contributed by atoms with Crippen molar-refractivity contribution < 1.29 is 4.39 Å². The maximum atomic E-state index is 12.2. The topological polar surface area (TPSA) is 0 Å². The summed E-state index contributed by atoms with van der Waals surface area (Å²) in [7, 11) is 0. The molecule has 0 radical (unpaired) electrons. The van der Waals surface area contributed by atoms with Crippen molar-refractivity contribution in [3.05, 3.63) is 47.8 Å². The van der Waals surface area contributed by atoms with Crippen molar-refractivity contribution in [2.75, 3.05) is 0 Å². The lowest BCUT2D eigenvalue weighted by atomic mass is 9.82. The van der Waals surface area contributed by atoms with Crippen LogP contribution in [0.4, 0.5) is 4.39 Å². The van der Waals surface area contributed by atoms with Crippen molar-refractivity contribution in [3.63, 3.8) is 0 Å². The molecule has 0 amide bonds. The van der Waals surface area contributed by atoms with Gasteiger partial charge in [0.15, 0.2) is 0 Å². The number of hydrogen-bond donors (Lipinski definition) is 0. The van der Waals surface area contributed by atoms with Gasteiger partial charge in [-0.05, 0) is 42.7 Å². The zero-order valence-corrected chi connectivity index (χ0v) is 8.25. The number of rotatable bonds is 1. The Morgan fingerprint density at radius 2 is 1.71 bits per heavy atom. The minimum absolute atomic E-state index is 0.639. The van der Waals surface area contributed by atoms with Crippen LogP contribution in [0, 0.1) is 0 Å². The van der Waals surface area contributed by atoms with Gasteiger partial charge in [0.25, 0.3) is 0 Å². The first-order chi connectivity index (χ1) is 6.90. The fraction of sp³-hybridized carbons (Fsp3) is 0.385. The molecule has 0 nitrogen and oxygen atoms in total. The predicted octanol–water partition coefficient (Wildman–Crippen LogP) is 4.20. The summed E-state index contributed by atoms with van der Waals surface area (Å²) in [5, 5.41) is 0. The number of hydrogen-bond acceptors (Lipinski definition) is 0.